The summed E-state index contributed by atoms with van der Waals surface area (Å²) in [5.41, 5.74) is 3.04. The molecular weight excluding hydrogens is 370 g/mol. The lowest BCUT2D eigenvalue weighted by atomic mass is 10.0. The number of aromatic nitrogens is 1. The molecule has 1 heterocycles. The maximum atomic E-state index is 12.8. The molecule has 6 heteroatoms. The molecule has 1 amide bonds. The van der Waals surface area contributed by atoms with Crippen LogP contribution in [-0.2, 0) is 17.5 Å². The summed E-state index contributed by atoms with van der Waals surface area (Å²) in [7, 11) is 0. The van der Waals surface area contributed by atoms with E-state index in [0.29, 0.717) is 11.3 Å². The molecule has 0 saturated carbocycles. The van der Waals surface area contributed by atoms with Gasteiger partial charge in [0.15, 0.2) is 5.13 Å². The molecular formula is C22H25N3O2S. The van der Waals surface area contributed by atoms with Crippen LogP contribution in [0.4, 0.5) is 10.8 Å². The average Bonchev–Trinajstić information content (AvgIpc) is 3.23. The Kier molecular flexibility index (Phi) is 3.29. The van der Waals surface area contributed by atoms with Crippen molar-refractivity contribution in [2.45, 2.75) is 38.0 Å². The van der Waals surface area contributed by atoms with E-state index in [0.717, 1.165) is 0 Å². The molecule has 0 aliphatic heterocycles. The third-order valence-corrected chi connectivity index (χ3v) is 3.88. The zero-order valence-corrected chi connectivity index (χ0v) is 15.3. The molecule has 1 atom stereocenters. The van der Waals surface area contributed by atoms with Crippen LogP contribution in [0.3, 0.4) is 0 Å². The van der Waals surface area contributed by atoms with E-state index in [-0.39, 0.29) is 10.7 Å². The Morgan fingerprint density at radius 3 is 2.71 bits per heavy atom. The molecule has 3 rings (SSSR count). The van der Waals surface area contributed by atoms with Gasteiger partial charge in [0.25, 0.3) is 0 Å². The maximum absolute atomic E-state index is 12.8. The summed E-state index contributed by atoms with van der Waals surface area (Å²) in [6, 6.07) is 3.22. The van der Waals surface area contributed by atoms with E-state index in [1.54, 1.807) is 6.07 Å². The van der Waals surface area contributed by atoms with Crippen molar-refractivity contribution in [2.24, 2.45) is 0 Å². The molecule has 0 aliphatic carbocycles. The largest absolute Gasteiger partial charge is 0.388 e. The number of carbonyl (C=O) groups is 1. The van der Waals surface area contributed by atoms with Crippen molar-refractivity contribution in [1.82, 2.24) is 4.98 Å². The number of carbonyl (C=O) groups excluding carboxylic acids is 1. The minimum Gasteiger partial charge on any atom is -0.388 e. The van der Waals surface area contributed by atoms with Crippen LogP contribution < -0.4 is 11.1 Å². The molecule has 4 N–H and O–H groups in total. The van der Waals surface area contributed by atoms with Gasteiger partial charge in [-0.1, -0.05) is 48.8 Å². The number of rotatable bonds is 9. The summed E-state index contributed by atoms with van der Waals surface area (Å²) < 4.78 is 107. The summed E-state index contributed by atoms with van der Waals surface area (Å²) in [5, 5.41) is 11.8. The normalized spacial score (nSPS) is 20.7. The molecule has 3 aromatic rings. The first-order valence-corrected chi connectivity index (χ1v) is 8.87. The Balaban J connectivity index is 2.00. The predicted octanol–water partition coefficient (Wildman–Crippen LogP) is 4.35. The van der Waals surface area contributed by atoms with Crippen LogP contribution >= 0.6 is 11.3 Å². The van der Waals surface area contributed by atoms with Gasteiger partial charge in [-0.25, -0.2) is 4.98 Å². The van der Waals surface area contributed by atoms with Crippen molar-refractivity contribution < 1.29 is 27.7 Å². The number of nitrogens with two attached hydrogens (primary N) is 1. The number of nitrogen functional groups attached to an aromatic ring is 1. The fraction of sp³-hybridized carbons (Fsp3) is 0.273. The smallest absolute Gasteiger partial charge is 0.230 e. The molecule has 0 saturated heterocycles. The first-order valence-electron chi connectivity index (χ1n) is 14.6. The standard InChI is InChI=1S/C22H25N3O2S/c23-22-25-19(15-28-22)14-21(27)24-18-12-10-16(11-13-18)6-4-5-9-20(26)17-7-2-1-3-8-17/h1-3,7-8,10-13,15,20,26H,4-6,9,14H2,(H2,23,25)(H,24,27)/t20-/m0/s1/i4D2,6D2,9D2,10D,11D,12D,13D,14D2,15D. The molecule has 0 spiro atoms. The van der Waals surface area contributed by atoms with Crippen molar-refractivity contribution in [3.63, 3.8) is 0 Å². The second-order valence-corrected chi connectivity index (χ2v) is 6.15. The number of anilines is 2. The lowest BCUT2D eigenvalue weighted by Crippen LogP contribution is -2.14. The third kappa shape index (κ3) is 6.18. The van der Waals surface area contributed by atoms with Gasteiger partial charge < -0.3 is 16.2 Å². The molecule has 28 heavy (non-hydrogen) atoms. The fourth-order valence-corrected chi connectivity index (χ4v) is 2.47. The van der Waals surface area contributed by atoms with E-state index in [1.807, 2.05) is 5.32 Å². The van der Waals surface area contributed by atoms with Gasteiger partial charge in [-0.05, 0) is 42.3 Å². The quantitative estimate of drug-likeness (QED) is 0.491. The third-order valence-electron chi connectivity index (χ3n) is 3.28. The molecule has 1 aromatic heterocycles. The van der Waals surface area contributed by atoms with E-state index >= 15 is 0 Å². The van der Waals surface area contributed by atoms with Crippen LogP contribution in [0.25, 0.3) is 0 Å². The number of aliphatic hydroxyl groups excluding tert-OH is 1. The van der Waals surface area contributed by atoms with E-state index in [1.165, 1.54) is 24.3 Å². The van der Waals surface area contributed by atoms with Crippen LogP contribution in [0.1, 0.15) is 59.9 Å². The molecule has 5 nitrogen and oxygen atoms in total. The van der Waals surface area contributed by atoms with Crippen molar-refractivity contribution in [3.8, 4) is 0 Å². The number of hydrogen-bond acceptors (Lipinski definition) is 5. The summed E-state index contributed by atoms with van der Waals surface area (Å²) in [6.07, 6.45) is -15.3. The van der Waals surface area contributed by atoms with Crippen LogP contribution in [0.15, 0.2) is 59.9 Å². The molecule has 0 aliphatic rings. The van der Waals surface area contributed by atoms with Gasteiger partial charge in [0.1, 0.15) is 0 Å². The lowest BCUT2D eigenvalue weighted by Gasteiger charge is -2.10. The number of benzene rings is 2. The van der Waals surface area contributed by atoms with Crippen molar-refractivity contribution >= 4 is 28.1 Å². The van der Waals surface area contributed by atoms with Crippen LogP contribution in [0.5, 0.6) is 0 Å². The lowest BCUT2D eigenvalue weighted by molar-refractivity contribution is -0.115. The topological polar surface area (TPSA) is 88.2 Å². The van der Waals surface area contributed by atoms with Crippen molar-refractivity contribution in [2.75, 3.05) is 11.1 Å². The monoisotopic (exact) mass is 408 g/mol. The minimum absolute atomic E-state index is 0.107. The van der Waals surface area contributed by atoms with Crippen molar-refractivity contribution in [3.05, 3.63) is 76.7 Å². The Morgan fingerprint density at radius 1 is 1.29 bits per heavy atom. The van der Waals surface area contributed by atoms with E-state index in [9.17, 15) is 9.90 Å². The fourth-order valence-electron chi connectivity index (χ4n) is 2.03. The minimum atomic E-state index is -3.34. The van der Waals surface area contributed by atoms with E-state index < -0.39 is 90.4 Å². The van der Waals surface area contributed by atoms with E-state index in [2.05, 4.69) is 4.98 Å². The van der Waals surface area contributed by atoms with Gasteiger partial charge in [0.05, 0.1) is 25.0 Å². The van der Waals surface area contributed by atoms with Crippen LogP contribution in [0.2, 0.25) is 0 Å². The Morgan fingerprint density at radius 2 is 2.04 bits per heavy atom. The van der Waals surface area contributed by atoms with Crippen molar-refractivity contribution in [1.29, 1.82) is 0 Å². The number of nitrogens with one attached hydrogen (secondary N) is 1. The highest BCUT2D eigenvalue weighted by atomic mass is 32.1. The Labute approximate surface area is 187 Å². The van der Waals surface area contributed by atoms with Gasteiger partial charge in [-0.15, -0.1) is 11.3 Å². The number of amides is 1. The highest BCUT2D eigenvalue weighted by Gasteiger charge is 2.08. The zero-order chi connectivity index (χ0) is 31.3. The SMILES string of the molecule is [2H]c1sc(N)nc1C([2H])([2H])C(=O)Nc1c([2H])c([2H])c(C([2H])([2H])C([2H])([2H])CC([2H])([2H])[C@H](O)c2ccccc2)c([2H])c1[2H]. The highest BCUT2D eigenvalue weighted by molar-refractivity contribution is 7.13. The first-order chi connectivity index (χ1) is 18.7. The van der Waals surface area contributed by atoms with Gasteiger partial charge in [0, 0.05) is 22.0 Å². The van der Waals surface area contributed by atoms with E-state index in [4.69, 9.17) is 23.6 Å². The number of aliphatic hydroxyl groups is 1. The van der Waals surface area contributed by atoms with Crippen LogP contribution in [0, 0.1) is 0 Å². The highest BCUT2D eigenvalue weighted by Crippen LogP contribution is 2.20. The molecule has 146 valence electrons. The van der Waals surface area contributed by atoms with Gasteiger partial charge in [-0.3, -0.25) is 4.79 Å². The van der Waals surface area contributed by atoms with Gasteiger partial charge in [0.2, 0.25) is 5.91 Å². The predicted molar refractivity (Wildman–Crippen MR) is 114 cm³/mol. The zero-order valence-electron chi connectivity index (χ0n) is 27.5. The number of thiazole rings is 1. The second-order valence-electron chi connectivity index (χ2n) is 5.33. The molecule has 2 aromatic carbocycles. The summed E-state index contributed by atoms with van der Waals surface area (Å²) in [5.74, 6) is -1.51. The Hall–Kier alpha value is -2.70. The van der Waals surface area contributed by atoms with Gasteiger partial charge >= 0.3 is 0 Å². The summed E-state index contributed by atoms with van der Waals surface area (Å²) in [4.78, 5) is 16.4. The average molecular weight is 409 g/mol. The second kappa shape index (κ2) is 10.0. The first kappa shape index (κ1) is 9.20. The summed E-state index contributed by atoms with van der Waals surface area (Å²) in [6.45, 7) is 0. The number of hydrogen-bond donors (Lipinski definition) is 3. The molecule has 0 bridgehead atoms. The van der Waals surface area contributed by atoms with Gasteiger partial charge in [-0.2, -0.15) is 0 Å². The maximum Gasteiger partial charge on any atom is 0.230 e. The number of nitrogens with zero attached hydrogens (tertiary/aromatic N) is 1. The molecule has 0 radical (unpaired) electrons. The molecule has 0 fully saturated rings. The molecule has 0 unspecified atom stereocenters. The van der Waals surface area contributed by atoms with Crippen LogP contribution in [-0.4, -0.2) is 16.0 Å². The summed E-state index contributed by atoms with van der Waals surface area (Å²) >= 11 is 0.602. The Bertz CT molecular complexity index is 1440.